The molecule has 5 nitrogen and oxygen atoms in total. The number of nitrogens with two attached hydrogens (primary N) is 1. The molecule has 0 bridgehead atoms. The third-order valence-corrected chi connectivity index (χ3v) is 3.17. The number of nitrogen functional groups attached to an aromatic ring is 1. The Balaban J connectivity index is 2.69. The lowest BCUT2D eigenvalue weighted by Crippen LogP contribution is -2.22. The molecule has 102 valence electrons. The van der Waals surface area contributed by atoms with Gasteiger partial charge in [-0.1, -0.05) is 6.92 Å². The van der Waals surface area contributed by atoms with E-state index in [1.54, 1.807) is 0 Å². The Hall–Kier alpha value is -1.17. The molecule has 18 heavy (non-hydrogen) atoms. The van der Waals surface area contributed by atoms with Crippen LogP contribution >= 0.6 is 11.8 Å². The summed E-state index contributed by atoms with van der Waals surface area (Å²) in [5.74, 6) is 2.37. The van der Waals surface area contributed by atoms with Crippen molar-refractivity contribution in [3.63, 3.8) is 0 Å². The number of ether oxygens (including phenoxy) is 1. The lowest BCUT2D eigenvalue weighted by molar-refractivity contribution is 0.306. The maximum Gasteiger partial charge on any atom is 0.242 e. The minimum absolute atomic E-state index is 0.485. The lowest BCUT2D eigenvalue weighted by Gasteiger charge is -2.20. The first-order valence-corrected chi connectivity index (χ1v) is 7.53. The summed E-state index contributed by atoms with van der Waals surface area (Å²) >= 11 is 1.84. The molecule has 0 fully saturated rings. The Morgan fingerprint density at radius 3 is 2.89 bits per heavy atom. The summed E-state index contributed by atoms with van der Waals surface area (Å²) in [6.45, 7) is 3.60. The summed E-state index contributed by atoms with van der Waals surface area (Å²) < 4.78 is 5.50. The zero-order valence-corrected chi connectivity index (χ0v) is 12.2. The Bertz CT molecular complexity index is 362. The number of hydrogen-bond acceptors (Lipinski definition) is 6. The fraction of sp³-hybridized carbons (Fsp3) is 0.667. The second kappa shape index (κ2) is 8.02. The summed E-state index contributed by atoms with van der Waals surface area (Å²) in [6.07, 6.45) is 5.64. The molecule has 0 atom stereocenters. The van der Waals surface area contributed by atoms with Gasteiger partial charge >= 0.3 is 0 Å². The Kier molecular flexibility index (Phi) is 6.64. The van der Waals surface area contributed by atoms with E-state index in [9.17, 15) is 0 Å². The third kappa shape index (κ3) is 4.25. The highest BCUT2D eigenvalue weighted by Crippen LogP contribution is 2.27. The van der Waals surface area contributed by atoms with Gasteiger partial charge in [-0.15, -0.1) is 0 Å². The van der Waals surface area contributed by atoms with E-state index in [2.05, 4.69) is 16.2 Å². The molecule has 6 heteroatoms. The highest BCUT2D eigenvalue weighted by Gasteiger charge is 2.12. The van der Waals surface area contributed by atoms with Crippen LogP contribution in [0.5, 0.6) is 5.88 Å². The van der Waals surface area contributed by atoms with Gasteiger partial charge in [-0.3, -0.25) is 0 Å². The SMILES string of the molecule is CCCOc1ncnc(N(C)CCCSC)c1N. The first-order valence-electron chi connectivity index (χ1n) is 6.14. The molecule has 0 aliphatic heterocycles. The molecule has 1 heterocycles. The van der Waals surface area contributed by atoms with Crippen molar-refractivity contribution >= 4 is 23.3 Å². The highest BCUT2D eigenvalue weighted by atomic mass is 32.2. The van der Waals surface area contributed by atoms with Crippen molar-refractivity contribution in [1.29, 1.82) is 0 Å². The van der Waals surface area contributed by atoms with Gasteiger partial charge in [0.05, 0.1) is 6.61 Å². The Labute approximate surface area is 113 Å². The van der Waals surface area contributed by atoms with Gasteiger partial charge < -0.3 is 15.4 Å². The minimum Gasteiger partial charge on any atom is -0.476 e. The van der Waals surface area contributed by atoms with E-state index in [4.69, 9.17) is 10.5 Å². The Morgan fingerprint density at radius 2 is 2.22 bits per heavy atom. The first kappa shape index (κ1) is 14.9. The van der Waals surface area contributed by atoms with Crippen LogP contribution in [0.15, 0.2) is 6.33 Å². The topological polar surface area (TPSA) is 64.3 Å². The maximum atomic E-state index is 6.03. The van der Waals surface area contributed by atoms with Crippen LogP contribution in [0.4, 0.5) is 11.5 Å². The molecule has 1 aromatic heterocycles. The second-order valence-electron chi connectivity index (χ2n) is 4.03. The fourth-order valence-corrected chi connectivity index (χ4v) is 1.96. The molecule has 1 aromatic rings. The van der Waals surface area contributed by atoms with Gasteiger partial charge in [0.15, 0.2) is 5.82 Å². The third-order valence-electron chi connectivity index (χ3n) is 2.47. The minimum atomic E-state index is 0.485. The molecule has 0 radical (unpaired) electrons. The predicted molar refractivity (Wildman–Crippen MR) is 78.5 cm³/mol. The number of hydrogen-bond donors (Lipinski definition) is 1. The van der Waals surface area contributed by atoms with Crippen LogP contribution in [0.3, 0.4) is 0 Å². The van der Waals surface area contributed by atoms with E-state index in [1.165, 1.54) is 6.33 Å². The van der Waals surface area contributed by atoms with Gasteiger partial charge in [0.25, 0.3) is 0 Å². The van der Waals surface area contributed by atoms with Gasteiger partial charge in [0.1, 0.15) is 12.0 Å². The van der Waals surface area contributed by atoms with Crippen LogP contribution in [-0.2, 0) is 0 Å². The zero-order chi connectivity index (χ0) is 13.4. The standard InChI is InChI=1S/C12H22N4OS/c1-4-7-17-12-10(13)11(14-9-15-12)16(2)6-5-8-18-3/h9H,4-8,13H2,1-3H3. The van der Waals surface area contributed by atoms with Crippen LogP contribution in [-0.4, -0.2) is 42.2 Å². The maximum absolute atomic E-state index is 6.03. The fourth-order valence-electron chi connectivity index (χ4n) is 1.54. The van der Waals surface area contributed by atoms with Crippen molar-refractivity contribution in [3.05, 3.63) is 6.33 Å². The van der Waals surface area contributed by atoms with Crippen molar-refractivity contribution in [3.8, 4) is 5.88 Å². The Morgan fingerprint density at radius 1 is 1.44 bits per heavy atom. The molecule has 0 aliphatic carbocycles. The molecular formula is C12H22N4OS. The lowest BCUT2D eigenvalue weighted by atomic mass is 10.4. The molecule has 0 saturated carbocycles. The smallest absolute Gasteiger partial charge is 0.242 e. The monoisotopic (exact) mass is 270 g/mol. The number of rotatable bonds is 8. The van der Waals surface area contributed by atoms with Gasteiger partial charge in [0, 0.05) is 13.6 Å². The number of nitrogens with zero attached hydrogens (tertiary/aromatic N) is 3. The second-order valence-corrected chi connectivity index (χ2v) is 5.02. The normalized spacial score (nSPS) is 10.4. The average Bonchev–Trinajstić information content (AvgIpc) is 2.37. The van der Waals surface area contributed by atoms with Crippen molar-refractivity contribution in [2.24, 2.45) is 0 Å². The van der Waals surface area contributed by atoms with Crippen LogP contribution in [0.1, 0.15) is 19.8 Å². The highest BCUT2D eigenvalue weighted by molar-refractivity contribution is 7.98. The van der Waals surface area contributed by atoms with Gasteiger partial charge in [-0.25, -0.2) is 4.98 Å². The summed E-state index contributed by atoms with van der Waals surface area (Å²) in [5.41, 5.74) is 6.56. The molecule has 0 saturated heterocycles. The van der Waals surface area contributed by atoms with E-state index >= 15 is 0 Å². The molecule has 2 N–H and O–H groups in total. The first-order chi connectivity index (χ1) is 8.70. The average molecular weight is 270 g/mol. The van der Waals surface area contributed by atoms with Crippen LogP contribution in [0.25, 0.3) is 0 Å². The van der Waals surface area contributed by atoms with Crippen molar-refractivity contribution in [2.45, 2.75) is 19.8 Å². The molecule has 1 rings (SSSR count). The number of thioether (sulfide) groups is 1. The molecule has 0 aromatic carbocycles. The summed E-state index contributed by atoms with van der Waals surface area (Å²) in [4.78, 5) is 10.3. The van der Waals surface area contributed by atoms with E-state index in [0.29, 0.717) is 18.2 Å². The largest absolute Gasteiger partial charge is 0.476 e. The predicted octanol–water partition coefficient (Wildman–Crippen LogP) is 2.04. The van der Waals surface area contributed by atoms with Gasteiger partial charge in [-0.05, 0) is 24.9 Å². The van der Waals surface area contributed by atoms with Crippen LogP contribution < -0.4 is 15.4 Å². The molecule has 0 unspecified atom stereocenters. The van der Waals surface area contributed by atoms with E-state index in [-0.39, 0.29) is 0 Å². The van der Waals surface area contributed by atoms with Gasteiger partial charge in [-0.2, -0.15) is 16.7 Å². The van der Waals surface area contributed by atoms with E-state index in [0.717, 1.165) is 31.0 Å². The van der Waals surface area contributed by atoms with Crippen molar-refractivity contribution in [1.82, 2.24) is 9.97 Å². The summed E-state index contributed by atoms with van der Waals surface area (Å²) in [6, 6.07) is 0. The number of aromatic nitrogens is 2. The van der Waals surface area contributed by atoms with Crippen LogP contribution in [0.2, 0.25) is 0 Å². The quantitative estimate of drug-likeness (QED) is 0.729. The van der Waals surface area contributed by atoms with Gasteiger partial charge in [0.2, 0.25) is 5.88 Å². The summed E-state index contributed by atoms with van der Waals surface area (Å²) in [5, 5.41) is 0. The summed E-state index contributed by atoms with van der Waals surface area (Å²) in [7, 11) is 1.99. The molecule has 0 amide bonds. The molecule has 0 aliphatic rings. The molecule has 0 spiro atoms. The van der Waals surface area contributed by atoms with E-state index in [1.807, 2.05) is 30.6 Å². The van der Waals surface area contributed by atoms with Crippen molar-refractivity contribution < 1.29 is 4.74 Å². The number of anilines is 2. The zero-order valence-electron chi connectivity index (χ0n) is 11.3. The van der Waals surface area contributed by atoms with Crippen molar-refractivity contribution in [2.75, 3.05) is 42.8 Å². The van der Waals surface area contributed by atoms with Crippen LogP contribution in [0, 0.1) is 0 Å². The van der Waals surface area contributed by atoms with E-state index < -0.39 is 0 Å². The molecular weight excluding hydrogens is 248 g/mol.